The van der Waals surface area contributed by atoms with E-state index in [-0.39, 0.29) is 23.3 Å². The molecule has 1 aromatic heterocycles. The Labute approximate surface area is 126 Å². The maximum absolute atomic E-state index is 12.1. The molecule has 1 aliphatic heterocycles. The second-order valence-corrected chi connectivity index (χ2v) is 5.13. The molecule has 2 aromatic rings. The van der Waals surface area contributed by atoms with Crippen molar-refractivity contribution >= 4 is 11.8 Å². The Kier molecular flexibility index (Phi) is 3.54. The lowest BCUT2D eigenvalue weighted by molar-refractivity contribution is 0.0950. The third kappa shape index (κ3) is 2.41. The van der Waals surface area contributed by atoms with E-state index in [1.807, 2.05) is 24.3 Å². The molecular weight excluding hydrogens is 284 g/mol. The maximum Gasteiger partial charge on any atom is 0.284 e. The number of carbonyl (C=O) groups is 2. The number of nitrogens with zero attached hydrogens (tertiary/aromatic N) is 1. The van der Waals surface area contributed by atoms with Crippen molar-refractivity contribution in [1.82, 2.24) is 15.3 Å². The van der Waals surface area contributed by atoms with Gasteiger partial charge in [-0.25, -0.2) is 4.98 Å². The van der Waals surface area contributed by atoms with Gasteiger partial charge in [-0.2, -0.15) is 0 Å². The van der Waals surface area contributed by atoms with Gasteiger partial charge in [0.1, 0.15) is 11.4 Å². The summed E-state index contributed by atoms with van der Waals surface area (Å²) in [5.74, 6) is -0.214. The molecule has 0 saturated heterocycles. The number of carbonyl (C=O) groups excluding carboxylic acids is 2. The molecule has 1 unspecified atom stereocenters. The highest BCUT2D eigenvalue weighted by Gasteiger charge is 2.28. The molecule has 7 heteroatoms. The first kappa shape index (κ1) is 14.1. The molecule has 1 aromatic carbocycles. The van der Waals surface area contributed by atoms with E-state index in [4.69, 9.17) is 10.5 Å². The summed E-state index contributed by atoms with van der Waals surface area (Å²) in [7, 11) is 1.61. The number of hydrogen-bond donors (Lipinski definition) is 3. The highest BCUT2D eigenvalue weighted by atomic mass is 16.5. The topological polar surface area (TPSA) is 110 Å². The first-order valence-corrected chi connectivity index (χ1v) is 6.90. The van der Waals surface area contributed by atoms with Crippen LogP contribution in [0.1, 0.15) is 38.3 Å². The highest BCUT2D eigenvalue weighted by molar-refractivity contribution is 5.96. The number of nitrogens with two attached hydrogens (primary N) is 1. The molecule has 1 atom stereocenters. The number of nitrogens with one attached hydrogen (secondary N) is 2. The number of methoxy groups -OCH3 is 1. The zero-order valence-electron chi connectivity index (χ0n) is 12.1. The minimum atomic E-state index is -0.685. The second-order valence-electron chi connectivity index (χ2n) is 5.13. The monoisotopic (exact) mass is 300 g/mol. The fourth-order valence-corrected chi connectivity index (χ4v) is 2.70. The van der Waals surface area contributed by atoms with Crippen molar-refractivity contribution in [2.45, 2.75) is 12.3 Å². The third-order valence-corrected chi connectivity index (χ3v) is 3.77. The van der Waals surface area contributed by atoms with Crippen molar-refractivity contribution in [2.24, 2.45) is 5.73 Å². The SMILES string of the molecule is COc1ccccc1C1CNC(=O)c2nc(C(N)=O)[nH]c2C1. The van der Waals surface area contributed by atoms with Gasteiger partial charge >= 0.3 is 0 Å². The third-order valence-electron chi connectivity index (χ3n) is 3.77. The molecule has 0 aliphatic carbocycles. The Balaban J connectivity index is 1.99. The van der Waals surface area contributed by atoms with Crippen molar-refractivity contribution in [3.05, 3.63) is 47.0 Å². The molecule has 0 radical (unpaired) electrons. The number of para-hydroxylation sites is 1. The number of ether oxygens (including phenoxy) is 1. The van der Waals surface area contributed by atoms with Gasteiger partial charge in [0.2, 0.25) is 0 Å². The number of aromatic nitrogens is 2. The molecule has 22 heavy (non-hydrogen) atoms. The standard InChI is InChI=1S/C15H16N4O3/c1-22-11-5-3-2-4-9(11)8-6-10-12(15(21)17-7-8)19-14(18-10)13(16)20/h2-5,8H,6-7H2,1H3,(H2,16,20)(H,17,21)(H,18,19). The zero-order valence-corrected chi connectivity index (χ0v) is 12.1. The van der Waals surface area contributed by atoms with E-state index >= 15 is 0 Å². The summed E-state index contributed by atoms with van der Waals surface area (Å²) in [6.07, 6.45) is 0.536. The summed E-state index contributed by atoms with van der Waals surface area (Å²) >= 11 is 0. The van der Waals surface area contributed by atoms with Gasteiger partial charge in [-0.1, -0.05) is 18.2 Å². The Morgan fingerprint density at radius 3 is 2.91 bits per heavy atom. The lowest BCUT2D eigenvalue weighted by Gasteiger charge is -2.17. The van der Waals surface area contributed by atoms with Crippen LogP contribution < -0.4 is 15.8 Å². The van der Waals surface area contributed by atoms with E-state index in [2.05, 4.69) is 15.3 Å². The largest absolute Gasteiger partial charge is 0.496 e. The van der Waals surface area contributed by atoms with E-state index in [1.165, 1.54) is 0 Å². The summed E-state index contributed by atoms with van der Waals surface area (Å²) in [4.78, 5) is 30.2. The lowest BCUT2D eigenvalue weighted by Crippen LogP contribution is -2.27. The van der Waals surface area contributed by atoms with Crippen molar-refractivity contribution in [3.63, 3.8) is 0 Å². The van der Waals surface area contributed by atoms with Crippen LogP contribution in [-0.4, -0.2) is 35.4 Å². The summed E-state index contributed by atoms with van der Waals surface area (Å²) in [6, 6.07) is 7.66. The number of H-pyrrole nitrogens is 1. The molecule has 0 fully saturated rings. The molecule has 3 rings (SSSR count). The van der Waals surface area contributed by atoms with Crippen LogP contribution in [0, 0.1) is 0 Å². The van der Waals surface area contributed by atoms with Crippen LogP contribution in [0.4, 0.5) is 0 Å². The predicted octanol–water partition coefficient (Wildman–Crippen LogP) is 0.587. The molecule has 0 spiro atoms. The molecule has 1 aliphatic rings. The van der Waals surface area contributed by atoms with Crippen molar-refractivity contribution in [3.8, 4) is 5.75 Å². The summed E-state index contributed by atoms with van der Waals surface area (Å²) in [5, 5.41) is 2.82. The minimum Gasteiger partial charge on any atom is -0.496 e. The van der Waals surface area contributed by atoms with Crippen LogP contribution in [-0.2, 0) is 6.42 Å². The normalized spacial score (nSPS) is 17.3. The summed E-state index contributed by atoms with van der Waals surface area (Å²) in [5.41, 5.74) is 7.05. The van der Waals surface area contributed by atoms with Gasteiger partial charge in [0.25, 0.3) is 11.8 Å². The van der Waals surface area contributed by atoms with Crippen molar-refractivity contribution < 1.29 is 14.3 Å². The number of hydrogen-bond acceptors (Lipinski definition) is 4. The van der Waals surface area contributed by atoms with Gasteiger partial charge in [0.15, 0.2) is 5.82 Å². The van der Waals surface area contributed by atoms with Crippen LogP contribution in [0.2, 0.25) is 0 Å². The number of amides is 2. The smallest absolute Gasteiger partial charge is 0.284 e. The maximum atomic E-state index is 12.1. The van der Waals surface area contributed by atoms with Gasteiger partial charge in [0.05, 0.1) is 7.11 Å². The van der Waals surface area contributed by atoms with E-state index in [9.17, 15) is 9.59 Å². The predicted molar refractivity (Wildman–Crippen MR) is 78.9 cm³/mol. The first-order valence-electron chi connectivity index (χ1n) is 6.90. The van der Waals surface area contributed by atoms with E-state index in [0.29, 0.717) is 18.7 Å². The molecule has 2 heterocycles. The molecule has 0 saturated carbocycles. The van der Waals surface area contributed by atoms with E-state index in [1.54, 1.807) is 7.11 Å². The lowest BCUT2D eigenvalue weighted by atomic mass is 9.93. The van der Waals surface area contributed by atoms with Crippen LogP contribution in [0.15, 0.2) is 24.3 Å². The van der Waals surface area contributed by atoms with Gasteiger partial charge in [-0.3, -0.25) is 9.59 Å². The number of rotatable bonds is 3. The summed E-state index contributed by atoms with van der Waals surface area (Å²) < 4.78 is 5.38. The minimum absolute atomic E-state index is 0.000765. The average molecular weight is 300 g/mol. The molecule has 0 bridgehead atoms. The van der Waals surface area contributed by atoms with Crippen molar-refractivity contribution in [2.75, 3.05) is 13.7 Å². The van der Waals surface area contributed by atoms with Crippen LogP contribution in [0.25, 0.3) is 0 Å². The highest BCUT2D eigenvalue weighted by Crippen LogP contribution is 2.30. The number of primary amides is 1. The number of fused-ring (bicyclic) bond motifs is 1. The first-order chi connectivity index (χ1) is 10.6. The molecule has 2 amide bonds. The molecule has 4 N–H and O–H groups in total. The van der Waals surface area contributed by atoms with Gasteiger partial charge in [-0.15, -0.1) is 0 Å². The average Bonchev–Trinajstić information content (AvgIpc) is 2.89. The van der Waals surface area contributed by atoms with Crippen LogP contribution in [0.3, 0.4) is 0 Å². The quantitative estimate of drug-likeness (QED) is 0.770. The molecular formula is C15H16N4O3. The number of aromatic amines is 1. The van der Waals surface area contributed by atoms with Gasteiger partial charge in [-0.05, 0) is 18.1 Å². The summed E-state index contributed by atoms with van der Waals surface area (Å²) in [6.45, 7) is 0.468. The number of benzene rings is 1. The van der Waals surface area contributed by atoms with E-state index in [0.717, 1.165) is 11.3 Å². The van der Waals surface area contributed by atoms with Gasteiger partial charge < -0.3 is 20.8 Å². The Bertz CT molecular complexity index is 738. The molecule has 114 valence electrons. The fraction of sp³-hybridized carbons (Fsp3) is 0.267. The Hall–Kier alpha value is -2.83. The second kappa shape index (κ2) is 5.51. The van der Waals surface area contributed by atoms with E-state index < -0.39 is 5.91 Å². The van der Waals surface area contributed by atoms with Crippen LogP contribution in [0.5, 0.6) is 5.75 Å². The number of imidazole rings is 1. The Morgan fingerprint density at radius 1 is 1.41 bits per heavy atom. The Morgan fingerprint density at radius 2 is 2.18 bits per heavy atom. The van der Waals surface area contributed by atoms with Crippen molar-refractivity contribution in [1.29, 1.82) is 0 Å². The zero-order chi connectivity index (χ0) is 15.7. The van der Waals surface area contributed by atoms with Crippen LogP contribution >= 0.6 is 0 Å². The fourth-order valence-electron chi connectivity index (χ4n) is 2.70. The van der Waals surface area contributed by atoms with Gasteiger partial charge in [0, 0.05) is 18.2 Å². The molecule has 7 nitrogen and oxygen atoms in total.